The molecule has 134 valence electrons. The summed E-state index contributed by atoms with van der Waals surface area (Å²) in [5, 5.41) is 9.11. The number of aliphatic hydroxyl groups is 1. The van der Waals surface area contributed by atoms with Crippen molar-refractivity contribution in [3.63, 3.8) is 0 Å². The smallest absolute Gasteiger partial charge is 0.128 e. The lowest BCUT2D eigenvalue weighted by molar-refractivity contribution is 0.156. The molecule has 2 aliphatic carbocycles. The molecule has 0 spiro atoms. The molecule has 2 fully saturated rings. The highest BCUT2D eigenvalue weighted by Gasteiger charge is 2.31. The summed E-state index contributed by atoms with van der Waals surface area (Å²) in [5.41, 5.74) is 1.55. The van der Waals surface area contributed by atoms with E-state index in [2.05, 4.69) is 6.92 Å². The molecule has 0 bridgehead atoms. The van der Waals surface area contributed by atoms with E-state index in [0.29, 0.717) is 11.5 Å². The van der Waals surface area contributed by atoms with Crippen molar-refractivity contribution in [3.8, 4) is 0 Å². The van der Waals surface area contributed by atoms with Gasteiger partial charge in [0, 0.05) is 5.56 Å². The van der Waals surface area contributed by atoms with Crippen molar-refractivity contribution in [1.29, 1.82) is 0 Å². The quantitative estimate of drug-likeness (QED) is 0.680. The number of rotatable bonds is 5. The van der Waals surface area contributed by atoms with Crippen LogP contribution in [0.2, 0.25) is 0 Å². The van der Waals surface area contributed by atoms with Gasteiger partial charge in [0.2, 0.25) is 0 Å². The highest BCUT2D eigenvalue weighted by atomic mass is 19.1. The Balaban J connectivity index is 1.50. The van der Waals surface area contributed by atoms with E-state index in [0.717, 1.165) is 23.3 Å². The van der Waals surface area contributed by atoms with Crippen molar-refractivity contribution in [1.82, 2.24) is 0 Å². The molecule has 0 unspecified atom stereocenters. The Hall–Kier alpha value is -0.890. The summed E-state index contributed by atoms with van der Waals surface area (Å²) < 4.78 is 13.9. The molecule has 0 aromatic heterocycles. The van der Waals surface area contributed by atoms with Crippen molar-refractivity contribution in [2.75, 3.05) is 0 Å². The molecule has 1 N–H and O–H groups in total. The SMILES string of the molecule is CCC[C@H]1CC[C@H](C2CCC(c3ccc(CO)c(F)c3)CC2)CC1. The van der Waals surface area contributed by atoms with Gasteiger partial charge in [-0.1, -0.05) is 44.7 Å². The highest BCUT2D eigenvalue weighted by molar-refractivity contribution is 5.27. The van der Waals surface area contributed by atoms with Gasteiger partial charge in [-0.2, -0.15) is 0 Å². The van der Waals surface area contributed by atoms with E-state index in [1.165, 1.54) is 64.2 Å². The van der Waals surface area contributed by atoms with Gasteiger partial charge >= 0.3 is 0 Å². The minimum absolute atomic E-state index is 0.209. The van der Waals surface area contributed by atoms with E-state index in [1.54, 1.807) is 12.1 Å². The van der Waals surface area contributed by atoms with Crippen LogP contribution in [0, 0.1) is 23.6 Å². The first-order valence-corrected chi connectivity index (χ1v) is 10.1. The molecule has 1 nitrogen and oxygen atoms in total. The van der Waals surface area contributed by atoms with Gasteiger partial charge in [0.1, 0.15) is 5.82 Å². The first-order chi connectivity index (χ1) is 11.7. The summed E-state index contributed by atoms with van der Waals surface area (Å²) >= 11 is 0. The molecule has 24 heavy (non-hydrogen) atoms. The molecule has 0 radical (unpaired) electrons. The van der Waals surface area contributed by atoms with Gasteiger partial charge in [0.25, 0.3) is 0 Å². The maximum atomic E-state index is 13.9. The second-order valence-corrected chi connectivity index (χ2v) is 8.19. The molecule has 2 aliphatic rings. The summed E-state index contributed by atoms with van der Waals surface area (Å²) in [5.74, 6) is 3.12. The summed E-state index contributed by atoms with van der Waals surface area (Å²) in [7, 11) is 0. The second kappa shape index (κ2) is 8.47. The molecule has 3 rings (SSSR count). The molecule has 0 heterocycles. The number of hydrogen-bond acceptors (Lipinski definition) is 1. The van der Waals surface area contributed by atoms with Crippen LogP contribution in [0.3, 0.4) is 0 Å². The minimum atomic E-state index is -0.244. The molecule has 0 amide bonds. The van der Waals surface area contributed by atoms with E-state index in [1.807, 2.05) is 6.07 Å². The van der Waals surface area contributed by atoms with Crippen LogP contribution in [-0.4, -0.2) is 5.11 Å². The fourth-order valence-electron chi connectivity index (χ4n) is 5.23. The van der Waals surface area contributed by atoms with Gasteiger partial charge in [-0.25, -0.2) is 4.39 Å². The number of hydrogen-bond donors (Lipinski definition) is 1. The number of benzene rings is 1. The van der Waals surface area contributed by atoms with Crippen molar-refractivity contribution >= 4 is 0 Å². The van der Waals surface area contributed by atoms with Gasteiger partial charge in [-0.3, -0.25) is 0 Å². The van der Waals surface area contributed by atoms with E-state index in [-0.39, 0.29) is 12.4 Å². The Labute approximate surface area is 146 Å². The lowest BCUT2D eigenvalue weighted by Crippen LogP contribution is -2.25. The van der Waals surface area contributed by atoms with Crippen molar-refractivity contribution in [2.24, 2.45) is 17.8 Å². The highest BCUT2D eigenvalue weighted by Crippen LogP contribution is 2.44. The first kappa shape index (κ1) is 17.9. The fourth-order valence-corrected chi connectivity index (χ4v) is 5.23. The van der Waals surface area contributed by atoms with E-state index in [4.69, 9.17) is 5.11 Å². The predicted molar refractivity (Wildman–Crippen MR) is 97.4 cm³/mol. The summed E-state index contributed by atoms with van der Waals surface area (Å²) in [6, 6.07) is 5.44. The van der Waals surface area contributed by atoms with Crippen LogP contribution in [-0.2, 0) is 6.61 Å². The average molecular weight is 333 g/mol. The van der Waals surface area contributed by atoms with Crippen LogP contribution < -0.4 is 0 Å². The van der Waals surface area contributed by atoms with Crippen molar-refractivity contribution in [3.05, 3.63) is 35.1 Å². The van der Waals surface area contributed by atoms with Crippen LogP contribution >= 0.6 is 0 Å². The summed E-state index contributed by atoms with van der Waals surface area (Å²) in [6.45, 7) is 2.10. The zero-order valence-electron chi connectivity index (χ0n) is 15.1. The Bertz CT molecular complexity index is 511. The molecule has 0 atom stereocenters. The normalized spacial score (nSPS) is 31.1. The van der Waals surface area contributed by atoms with Gasteiger partial charge in [0.05, 0.1) is 6.61 Å². The molecule has 2 heteroatoms. The van der Waals surface area contributed by atoms with E-state index >= 15 is 0 Å². The van der Waals surface area contributed by atoms with Crippen molar-refractivity contribution in [2.45, 2.75) is 83.7 Å². The number of aliphatic hydroxyl groups excluding tert-OH is 1. The Morgan fingerprint density at radius 1 is 0.958 bits per heavy atom. The topological polar surface area (TPSA) is 20.2 Å². The van der Waals surface area contributed by atoms with Crippen LogP contribution in [0.25, 0.3) is 0 Å². The molecule has 1 aromatic rings. The van der Waals surface area contributed by atoms with Gasteiger partial charge < -0.3 is 5.11 Å². The third-order valence-corrected chi connectivity index (χ3v) is 6.75. The maximum absolute atomic E-state index is 13.9. The van der Waals surface area contributed by atoms with E-state index in [9.17, 15) is 4.39 Å². The standard InChI is InChI=1S/C22H33FO/c1-2-3-16-4-6-17(7-5-16)18-8-10-19(11-9-18)20-12-13-21(15-24)22(23)14-20/h12-14,16-19,24H,2-11,15H2,1H3/t16-,17-,18?,19?. The van der Waals surface area contributed by atoms with Crippen molar-refractivity contribution < 1.29 is 9.50 Å². The predicted octanol–water partition coefficient (Wildman–Crippen LogP) is 6.20. The van der Waals surface area contributed by atoms with Gasteiger partial charge in [0.15, 0.2) is 0 Å². The Kier molecular flexibility index (Phi) is 6.32. The first-order valence-electron chi connectivity index (χ1n) is 10.1. The fraction of sp³-hybridized carbons (Fsp3) is 0.727. The monoisotopic (exact) mass is 332 g/mol. The molecule has 2 saturated carbocycles. The summed E-state index contributed by atoms with van der Waals surface area (Å²) in [4.78, 5) is 0. The third kappa shape index (κ3) is 4.20. The number of halogens is 1. The molecular weight excluding hydrogens is 299 g/mol. The zero-order chi connectivity index (χ0) is 16.9. The summed E-state index contributed by atoms with van der Waals surface area (Å²) in [6.07, 6.45) is 13.6. The average Bonchev–Trinajstić information content (AvgIpc) is 2.63. The van der Waals surface area contributed by atoms with Crippen LogP contribution in [0.15, 0.2) is 18.2 Å². The second-order valence-electron chi connectivity index (χ2n) is 8.19. The maximum Gasteiger partial charge on any atom is 0.128 e. The van der Waals surface area contributed by atoms with Crippen LogP contribution in [0.5, 0.6) is 0 Å². The molecule has 1 aromatic carbocycles. The zero-order valence-corrected chi connectivity index (χ0v) is 15.1. The molecular formula is C22H33FO. The molecule has 0 aliphatic heterocycles. The lowest BCUT2D eigenvalue weighted by Gasteiger charge is -2.38. The van der Waals surface area contributed by atoms with Crippen LogP contribution in [0.4, 0.5) is 4.39 Å². The van der Waals surface area contributed by atoms with E-state index < -0.39 is 0 Å². The third-order valence-electron chi connectivity index (χ3n) is 6.75. The van der Waals surface area contributed by atoms with Gasteiger partial charge in [-0.05, 0) is 73.8 Å². The Morgan fingerprint density at radius 2 is 1.58 bits per heavy atom. The Morgan fingerprint density at radius 3 is 2.12 bits per heavy atom. The lowest BCUT2D eigenvalue weighted by atomic mass is 9.68. The minimum Gasteiger partial charge on any atom is -0.392 e. The largest absolute Gasteiger partial charge is 0.392 e. The molecule has 0 saturated heterocycles. The van der Waals surface area contributed by atoms with Crippen LogP contribution in [0.1, 0.15) is 88.2 Å². The van der Waals surface area contributed by atoms with Gasteiger partial charge in [-0.15, -0.1) is 0 Å².